The monoisotopic (exact) mass is 473 g/mol. The molecule has 0 aliphatic rings. The number of fused-ring (bicyclic) bond motifs is 1. The van der Waals surface area contributed by atoms with E-state index >= 15 is 0 Å². The molecular weight excluding hydrogens is 454 g/mol. The summed E-state index contributed by atoms with van der Waals surface area (Å²) in [6, 6.07) is 15.0. The summed E-state index contributed by atoms with van der Waals surface area (Å²) in [5.41, 5.74) is 0.702. The van der Waals surface area contributed by atoms with Crippen LogP contribution in [0.15, 0.2) is 66.9 Å². The Balaban J connectivity index is 1.80. The van der Waals surface area contributed by atoms with Crippen LogP contribution in [-0.2, 0) is 0 Å². The van der Waals surface area contributed by atoms with Gasteiger partial charge < -0.3 is 19.6 Å². The maximum absolute atomic E-state index is 13.5. The Labute approximate surface area is 198 Å². The lowest BCUT2D eigenvalue weighted by Gasteiger charge is -2.07. The van der Waals surface area contributed by atoms with Crippen molar-refractivity contribution in [3.63, 3.8) is 0 Å². The van der Waals surface area contributed by atoms with Crippen molar-refractivity contribution >= 4 is 34.6 Å². The predicted octanol–water partition coefficient (Wildman–Crippen LogP) is 4.35. The molecule has 0 aliphatic heterocycles. The standard InChI is InChI=1S/C25H19N3O7/c1-14-21(26-24(30)16-6-5-7-17(12-16)35-2)20-8-3-4-11-27(20)22(14)23(29)15-9-10-19(28(33)34)18(13-15)25(31)32/h3-13H,1-2H3,(H,26,30)(H,31,32). The van der Waals surface area contributed by atoms with Crippen molar-refractivity contribution in [2.75, 3.05) is 12.4 Å². The average Bonchev–Trinajstić information content (AvgIpc) is 3.14. The summed E-state index contributed by atoms with van der Waals surface area (Å²) >= 11 is 0. The number of nitrogens with zero attached hydrogens (tertiary/aromatic N) is 2. The maximum atomic E-state index is 13.5. The van der Waals surface area contributed by atoms with E-state index in [0.717, 1.165) is 12.1 Å². The molecule has 0 atom stereocenters. The molecule has 2 heterocycles. The molecule has 2 N–H and O–H groups in total. The van der Waals surface area contributed by atoms with Crippen LogP contribution in [0.4, 0.5) is 11.4 Å². The molecule has 0 unspecified atom stereocenters. The highest BCUT2D eigenvalue weighted by atomic mass is 16.6. The third kappa shape index (κ3) is 4.20. The number of methoxy groups -OCH3 is 1. The number of pyridine rings is 1. The van der Waals surface area contributed by atoms with Crippen LogP contribution < -0.4 is 10.1 Å². The number of carboxylic acids is 1. The van der Waals surface area contributed by atoms with Crippen LogP contribution in [0.5, 0.6) is 5.75 Å². The third-order valence-electron chi connectivity index (χ3n) is 5.56. The molecule has 4 aromatic rings. The number of hydrogen-bond donors (Lipinski definition) is 2. The van der Waals surface area contributed by atoms with Gasteiger partial charge in [0.15, 0.2) is 0 Å². The lowest BCUT2D eigenvalue weighted by molar-refractivity contribution is -0.385. The van der Waals surface area contributed by atoms with Gasteiger partial charge in [0.2, 0.25) is 5.78 Å². The molecular formula is C25H19N3O7. The summed E-state index contributed by atoms with van der Waals surface area (Å²) in [5.74, 6) is -1.97. The summed E-state index contributed by atoms with van der Waals surface area (Å²) in [7, 11) is 1.49. The van der Waals surface area contributed by atoms with Crippen LogP contribution in [0.1, 0.15) is 42.3 Å². The fourth-order valence-electron chi connectivity index (χ4n) is 3.87. The number of carbonyl (C=O) groups is 3. The normalized spacial score (nSPS) is 10.7. The lowest BCUT2D eigenvalue weighted by Crippen LogP contribution is -2.13. The first-order valence-corrected chi connectivity index (χ1v) is 10.3. The number of nitrogens with one attached hydrogen (secondary N) is 1. The van der Waals surface area contributed by atoms with Crippen LogP contribution >= 0.6 is 0 Å². The van der Waals surface area contributed by atoms with Crippen LogP contribution in [-0.4, -0.2) is 39.2 Å². The lowest BCUT2D eigenvalue weighted by atomic mass is 10.0. The average molecular weight is 473 g/mol. The Hall–Kier alpha value is -4.99. The molecule has 0 saturated carbocycles. The SMILES string of the molecule is COc1cccc(C(=O)Nc2c(C)c(C(=O)c3ccc([N+](=O)[O-])c(C(=O)O)c3)n3ccccc23)c1. The molecule has 10 heteroatoms. The highest BCUT2D eigenvalue weighted by Crippen LogP contribution is 2.31. The first-order valence-electron chi connectivity index (χ1n) is 10.3. The summed E-state index contributed by atoms with van der Waals surface area (Å²) in [5, 5.41) is 23.4. The van der Waals surface area contributed by atoms with E-state index in [1.807, 2.05) is 0 Å². The Morgan fingerprint density at radius 3 is 2.49 bits per heavy atom. The second kappa shape index (κ2) is 9.10. The Morgan fingerprint density at radius 1 is 1.03 bits per heavy atom. The minimum absolute atomic E-state index is 0.0370. The van der Waals surface area contributed by atoms with Gasteiger partial charge in [-0.1, -0.05) is 12.1 Å². The fourth-order valence-corrected chi connectivity index (χ4v) is 3.87. The number of anilines is 1. The van der Waals surface area contributed by atoms with Crippen molar-refractivity contribution in [2.45, 2.75) is 6.92 Å². The van der Waals surface area contributed by atoms with Crippen molar-refractivity contribution in [3.05, 3.63) is 105 Å². The first-order chi connectivity index (χ1) is 16.7. The molecule has 10 nitrogen and oxygen atoms in total. The van der Waals surface area contributed by atoms with E-state index in [2.05, 4.69) is 5.32 Å². The Kier molecular flexibility index (Phi) is 6.03. The molecule has 1 amide bonds. The van der Waals surface area contributed by atoms with E-state index in [9.17, 15) is 29.6 Å². The van der Waals surface area contributed by atoms with Gasteiger partial charge in [0.05, 0.1) is 28.9 Å². The molecule has 0 spiro atoms. The highest BCUT2D eigenvalue weighted by molar-refractivity contribution is 6.14. The van der Waals surface area contributed by atoms with Gasteiger partial charge in [-0.2, -0.15) is 0 Å². The number of rotatable bonds is 7. The zero-order valence-corrected chi connectivity index (χ0v) is 18.6. The van der Waals surface area contributed by atoms with E-state index < -0.39 is 33.8 Å². The van der Waals surface area contributed by atoms with Crippen molar-refractivity contribution in [1.82, 2.24) is 4.40 Å². The number of aromatic carboxylic acids is 1. The van der Waals surface area contributed by atoms with E-state index in [-0.39, 0.29) is 11.3 Å². The van der Waals surface area contributed by atoms with E-state index in [4.69, 9.17) is 4.74 Å². The van der Waals surface area contributed by atoms with Gasteiger partial charge in [-0.3, -0.25) is 19.7 Å². The van der Waals surface area contributed by atoms with Crippen molar-refractivity contribution in [1.29, 1.82) is 0 Å². The van der Waals surface area contributed by atoms with Crippen molar-refractivity contribution < 1.29 is 29.2 Å². The smallest absolute Gasteiger partial charge is 0.342 e. The highest BCUT2D eigenvalue weighted by Gasteiger charge is 2.26. The summed E-state index contributed by atoms with van der Waals surface area (Å²) < 4.78 is 6.75. The number of ether oxygens (including phenoxy) is 1. The summed E-state index contributed by atoms with van der Waals surface area (Å²) in [6.07, 6.45) is 1.64. The van der Waals surface area contributed by atoms with Gasteiger partial charge in [0.1, 0.15) is 11.3 Å². The summed E-state index contributed by atoms with van der Waals surface area (Å²) in [6.45, 7) is 1.66. The Bertz CT molecular complexity index is 1520. The number of carbonyl (C=O) groups excluding carboxylic acids is 2. The topological polar surface area (TPSA) is 140 Å². The van der Waals surface area contributed by atoms with Crippen molar-refractivity contribution in [2.24, 2.45) is 0 Å². The van der Waals surface area contributed by atoms with Crippen molar-refractivity contribution in [3.8, 4) is 5.75 Å². The molecule has 0 aliphatic carbocycles. The van der Waals surface area contributed by atoms with Crippen LogP contribution in [0.25, 0.3) is 5.52 Å². The first kappa shape index (κ1) is 23.2. The Morgan fingerprint density at radius 2 is 1.80 bits per heavy atom. The molecule has 2 aromatic heterocycles. The zero-order valence-electron chi connectivity index (χ0n) is 18.6. The van der Waals surface area contributed by atoms with Gasteiger partial charge in [-0.05, 0) is 49.4 Å². The van der Waals surface area contributed by atoms with E-state index in [0.29, 0.717) is 28.1 Å². The van der Waals surface area contributed by atoms with Gasteiger partial charge in [0, 0.05) is 29.0 Å². The third-order valence-corrected chi connectivity index (χ3v) is 5.56. The van der Waals surface area contributed by atoms with Crippen LogP contribution in [0.3, 0.4) is 0 Å². The largest absolute Gasteiger partial charge is 0.497 e. The molecule has 2 aromatic carbocycles. The summed E-state index contributed by atoms with van der Waals surface area (Å²) in [4.78, 5) is 48.3. The molecule has 0 radical (unpaired) electrons. The van der Waals surface area contributed by atoms with Crippen LogP contribution in [0.2, 0.25) is 0 Å². The number of hydrogen-bond acceptors (Lipinski definition) is 6. The molecule has 0 saturated heterocycles. The van der Waals surface area contributed by atoms with Gasteiger partial charge >= 0.3 is 5.97 Å². The number of aromatic nitrogens is 1. The van der Waals surface area contributed by atoms with E-state index in [1.165, 1.54) is 13.2 Å². The molecule has 4 rings (SSSR count). The second-order valence-electron chi connectivity index (χ2n) is 7.61. The molecule has 0 bridgehead atoms. The van der Waals surface area contributed by atoms with Gasteiger partial charge in [-0.15, -0.1) is 0 Å². The van der Waals surface area contributed by atoms with E-state index in [1.54, 1.807) is 60.0 Å². The number of carboxylic acid groups (broad SMARTS) is 1. The number of ketones is 1. The molecule has 0 fully saturated rings. The quantitative estimate of drug-likeness (QED) is 0.231. The minimum Gasteiger partial charge on any atom is -0.497 e. The minimum atomic E-state index is -1.52. The van der Waals surface area contributed by atoms with Crippen LogP contribution in [0, 0.1) is 17.0 Å². The molecule has 35 heavy (non-hydrogen) atoms. The predicted molar refractivity (Wildman–Crippen MR) is 127 cm³/mol. The molecule has 176 valence electrons. The maximum Gasteiger partial charge on any atom is 0.342 e. The zero-order chi connectivity index (χ0) is 25.3. The number of benzene rings is 2. The number of nitro benzene ring substituents is 1. The van der Waals surface area contributed by atoms with Gasteiger partial charge in [-0.25, -0.2) is 4.79 Å². The fraction of sp³-hybridized carbons (Fsp3) is 0.0800. The number of amides is 1. The van der Waals surface area contributed by atoms with Gasteiger partial charge in [0.25, 0.3) is 11.6 Å². The number of nitro groups is 1. The second-order valence-corrected chi connectivity index (χ2v) is 7.61.